The normalized spacial score (nSPS) is 10.2. The van der Waals surface area contributed by atoms with Crippen molar-refractivity contribution in [2.75, 3.05) is 20.7 Å². The zero-order chi connectivity index (χ0) is 13.8. The molecule has 0 aliphatic heterocycles. The van der Waals surface area contributed by atoms with Crippen molar-refractivity contribution in [1.29, 1.82) is 0 Å². The number of amides is 1. The van der Waals surface area contributed by atoms with E-state index in [4.69, 9.17) is 0 Å². The minimum Gasteiger partial charge on any atom is -0.468 e. The number of likely N-dealkylation sites (N-methyl/N-ethyl adjacent to an activating group) is 1. The number of hydrogen-bond acceptors (Lipinski definition) is 4. The van der Waals surface area contributed by atoms with E-state index in [0.29, 0.717) is 5.56 Å². The molecule has 2 rings (SSSR count). The van der Waals surface area contributed by atoms with Crippen LogP contribution in [0.25, 0.3) is 10.9 Å². The van der Waals surface area contributed by atoms with Crippen molar-refractivity contribution in [2.45, 2.75) is 0 Å². The van der Waals surface area contributed by atoms with Gasteiger partial charge in [0.25, 0.3) is 5.91 Å². The zero-order valence-corrected chi connectivity index (χ0v) is 10.8. The first-order valence-corrected chi connectivity index (χ1v) is 5.79. The summed E-state index contributed by atoms with van der Waals surface area (Å²) in [6.07, 6.45) is 1.58. The lowest BCUT2D eigenvalue weighted by Crippen LogP contribution is -2.32. The third-order valence-electron chi connectivity index (χ3n) is 2.82. The second-order valence-corrected chi connectivity index (χ2v) is 4.11. The molecule has 0 N–H and O–H groups in total. The van der Waals surface area contributed by atoms with E-state index in [0.717, 1.165) is 10.9 Å². The summed E-state index contributed by atoms with van der Waals surface area (Å²) < 4.78 is 4.55. The predicted octanol–water partition coefficient (Wildman–Crippen LogP) is 1.48. The van der Waals surface area contributed by atoms with Crippen LogP contribution in [0.4, 0.5) is 0 Å². The lowest BCUT2D eigenvalue weighted by molar-refractivity contribution is -0.141. The van der Waals surface area contributed by atoms with Crippen LogP contribution in [-0.4, -0.2) is 42.5 Å². The quantitative estimate of drug-likeness (QED) is 0.782. The number of nitrogens with zero attached hydrogens (tertiary/aromatic N) is 2. The van der Waals surface area contributed by atoms with Crippen LogP contribution in [-0.2, 0) is 9.53 Å². The number of para-hydroxylation sites is 1. The van der Waals surface area contributed by atoms with Crippen LogP contribution >= 0.6 is 0 Å². The lowest BCUT2D eigenvalue weighted by Gasteiger charge is -2.16. The minimum absolute atomic E-state index is 0.0774. The van der Waals surface area contributed by atoms with E-state index in [9.17, 15) is 9.59 Å². The Balaban J connectivity index is 2.34. The van der Waals surface area contributed by atoms with Crippen LogP contribution in [0.1, 0.15) is 10.4 Å². The summed E-state index contributed by atoms with van der Waals surface area (Å²) in [5.74, 6) is -0.682. The molecule has 1 amide bonds. The monoisotopic (exact) mass is 258 g/mol. The van der Waals surface area contributed by atoms with Gasteiger partial charge in [0, 0.05) is 18.6 Å². The van der Waals surface area contributed by atoms with Crippen LogP contribution in [0.15, 0.2) is 36.5 Å². The second kappa shape index (κ2) is 5.48. The van der Waals surface area contributed by atoms with Gasteiger partial charge >= 0.3 is 5.97 Å². The first-order valence-electron chi connectivity index (χ1n) is 5.79. The van der Waals surface area contributed by atoms with E-state index >= 15 is 0 Å². The predicted molar refractivity (Wildman–Crippen MR) is 70.7 cm³/mol. The average molecular weight is 258 g/mol. The largest absolute Gasteiger partial charge is 0.468 e. The number of carbonyl (C=O) groups is 2. The number of benzene rings is 1. The van der Waals surface area contributed by atoms with Crippen molar-refractivity contribution in [3.8, 4) is 0 Å². The summed E-state index contributed by atoms with van der Waals surface area (Å²) in [5, 5.41) is 0.770. The summed E-state index contributed by atoms with van der Waals surface area (Å²) >= 11 is 0. The van der Waals surface area contributed by atoms with Crippen LogP contribution in [0.5, 0.6) is 0 Å². The van der Waals surface area contributed by atoms with Gasteiger partial charge in [-0.25, -0.2) is 0 Å². The summed E-state index contributed by atoms with van der Waals surface area (Å²) in [5.41, 5.74) is 1.27. The van der Waals surface area contributed by atoms with Gasteiger partial charge in [0.15, 0.2) is 0 Å². The van der Waals surface area contributed by atoms with Crippen LogP contribution in [0.2, 0.25) is 0 Å². The Morgan fingerprint density at radius 1 is 1.26 bits per heavy atom. The fourth-order valence-corrected chi connectivity index (χ4v) is 1.82. The third kappa shape index (κ3) is 2.70. The number of esters is 1. The first-order chi connectivity index (χ1) is 9.13. The maximum Gasteiger partial charge on any atom is 0.325 e. The average Bonchev–Trinajstić information content (AvgIpc) is 2.45. The molecule has 0 unspecified atom stereocenters. The number of carbonyl (C=O) groups excluding carboxylic acids is 2. The summed E-state index contributed by atoms with van der Waals surface area (Å²) in [6, 6.07) is 9.04. The summed E-state index contributed by atoms with van der Waals surface area (Å²) in [4.78, 5) is 29.0. The number of pyridine rings is 1. The molecule has 98 valence electrons. The molecule has 0 spiro atoms. The molecule has 0 fully saturated rings. The molecule has 1 heterocycles. The van der Waals surface area contributed by atoms with Crippen molar-refractivity contribution in [3.63, 3.8) is 0 Å². The van der Waals surface area contributed by atoms with Crippen molar-refractivity contribution in [2.24, 2.45) is 0 Å². The Kier molecular flexibility index (Phi) is 3.75. The van der Waals surface area contributed by atoms with Gasteiger partial charge in [0.1, 0.15) is 6.54 Å². The third-order valence-corrected chi connectivity index (χ3v) is 2.82. The molecule has 19 heavy (non-hydrogen) atoms. The van der Waals surface area contributed by atoms with Crippen LogP contribution < -0.4 is 0 Å². The standard InChI is InChI=1S/C14H14N2O3/c1-16(9-13(17)19-2)14(18)11-7-8-15-12-6-4-3-5-10(11)12/h3-8H,9H2,1-2H3. The smallest absolute Gasteiger partial charge is 0.325 e. The molecule has 0 radical (unpaired) electrons. The minimum atomic E-state index is -0.450. The highest BCUT2D eigenvalue weighted by Crippen LogP contribution is 2.17. The number of aromatic nitrogens is 1. The molecule has 0 aliphatic carbocycles. The Bertz CT molecular complexity index is 620. The van der Waals surface area contributed by atoms with E-state index in [2.05, 4.69) is 9.72 Å². The molecule has 5 heteroatoms. The van der Waals surface area contributed by atoms with Crippen LogP contribution in [0.3, 0.4) is 0 Å². The first kappa shape index (κ1) is 13.0. The lowest BCUT2D eigenvalue weighted by atomic mass is 10.1. The van der Waals surface area contributed by atoms with Gasteiger partial charge in [-0.1, -0.05) is 18.2 Å². The molecule has 1 aromatic heterocycles. The van der Waals surface area contributed by atoms with Gasteiger partial charge < -0.3 is 9.64 Å². The summed E-state index contributed by atoms with van der Waals surface area (Å²) in [6.45, 7) is -0.0774. The maximum absolute atomic E-state index is 12.3. The van der Waals surface area contributed by atoms with E-state index in [-0.39, 0.29) is 12.5 Å². The number of hydrogen-bond donors (Lipinski definition) is 0. The summed E-state index contributed by atoms with van der Waals surface area (Å²) in [7, 11) is 2.86. The van der Waals surface area contributed by atoms with E-state index in [1.54, 1.807) is 19.3 Å². The molecule has 2 aromatic rings. The number of ether oxygens (including phenoxy) is 1. The topological polar surface area (TPSA) is 59.5 Å². The van der Waals surface area contributed by atoms with E-state index in [1.165, 1.54) is 12.0 Å². The van der Waals surface area contributed by atoms with Crippen molar-refractivity contribution >= 4 is 22.8 Å². The maximum atomic E-state index is 12.3. The van der Waals surface area contributed by atoms with Gasteiger partial charge in [0.2, 0.25) is 0 Å². The van der Waals surface area contributed by atoms with Crippen molar-refractivity contribution in [3.05, 3.63) is 42.1 Å². The number of fused-ring (bicyclic) bond motifs is 1. The molecule has 0 bridgehead atoms. The van der Waals surface area contributed by atoms with Gasteiger partial charge in [0.05, 0.1) is 18.2 Å². The fraction of sp³-hybridized carbons (Fsp3) is 0.214. The van der Waals surface area contributed by atoms with Crippen LogP contribution in [0, 0.1) is 0 Å². The SMILES string of the molecule is COC(=O)CN(C)C(=O)c1ccnc2ccccc12. The van der Waals surface area contributed by atoms with Gasteiger partial charge in [-0.2, -0.15) is 0 Å². The molecular weight excluding hydrogens is 244 g/mol. The molecule has 1 aromatic carbocycles. The van der Waals surface area contributed by atoms with Crippen molar-refractivity contribution in [1.82, 2.24) is 9.88 Å². The molecular formula is C14H14N2O3. The Morgan fingerprint density at radius 2 is 2.00 bits per heavy atom. The van der Waals surface area contributed by atoms with Gasteiger partial charge in [-0.15, -0.1) is 0 Å². The molecule has 5 nitrogen and oxygen atoms in total. The molecule has 0 saturated carbocycles. The Hall–Kier alpha value is -2.43. The van der Waals surface area contributed by atoms with Crippen molar-refractivity contribution < 1.29 is 14.3 Å². The Morgan fingerprint density at radius 3 is 2.74 bits per heavy atom. The number of methoxy groups -OCH3 is 1. The highest BCUT2D eigenvalue weighted by molar-refractivity contribution is 6.06. The highest BCUT2D eigenvalue weighted by atomic mass is 16.5. The highest BCUT2D eigenvalue weighted by Gasteiger charge is 2.17. The number of rotatable bonds is 3. The van der Waals surface area contributed by atoms with Gasteiger partial charge in [-0.05, 0) is 12.1 Å². The van der Waals surface area contributed by atoms with E-state index < -0.39 is 5.97 Å². The van der Waals surface area contributed by atoms with E-state index in [1.807, 2.05) is 24.3 Å². The molecule has 0 aliphatic rings. The molecule has 0 atom stereocenters. The Labute approximate surface area is 110 Å². The fourth-order valence-electron chi connectivity index (χ4n) is 1.82. The second-order valence-electron chi connectivity index (χ2n) is 4.11. The zero-order valence-electron chi connectivity index (χ0n) is 10.8. The molecule has 0 saturated heterocycles. The van der Waals surface area contributed by atoms with Gasteiger partial charge in [-0.3, -0.25) is 14.6 Å².